The molecule has 1 aromatic heterocycles. The zero-order valence-electron chi connectivity index (χ0n) is 18.6. The standard InChI is InChI=1S/C24H29FN6O/c1-29(2)13-5-12-26-24(32)22-20-6-3-4-7-21(20)23(28-27-22)31-16-14-30(15-17-31)19-10-8-18(25)9-11-19/h3-4,6-11H,5,12-17H2,1-2H3,(H,26,32). The maximum Gasteiger partial charge on any atom is 0.272 e. The predicted octanol–water partition coefficient (Wildman–Crippen LogP) is 2.78. The molecule has 0 bridgehead atoms. The van der Waals surface area contributed by atoms with E-state index in [0.717, 1.165) is 61.4 Å². The number of carbonyl (C=O) groups excluding carboxylic acids is 1. The Morgan fingerprint density at radius 2 is 1.62 bits per heavy atom. The molecule has 1 N–H and O–H groups in total. The molecule has 32 heavy (non-hydrogen) atoms. The first-order valence-electron chi connectivity index (χ1n) is 11.0. The molecule has 1 aliphatic heterocycles. The number of fused-ring (bicyclic) bond motifs is 1. The molecule has 1 fully saturated rings. The largest absolute Gasteiger partial charge is 0.368 e. The van der Waals surface area contributed by atoms with Crippen LogP contribution in [0.15, 0.2) is 48.5 Å². The molecule has 1 saturated heterocycles. The van der Waals surface area contributed by atoms with Crippen molar-refractivity contribution in [2.45, 2.75) is 6.42 Å². The van der Waals surface area contributed by atoms with Gasteiger partial charge in [-0.3, -0.25) is 4.79 Å². The van der Waals surface area contributed by atoms with E-state index in [9.17, 15) is 9.18 Å². The number of nitrogens with zero attached hydrogens (tertiary/aromatic N) is 5. The summed E-state index contributed by atoms with van der Waals surface area (Å²) in [6.07, 6.45) is 0.876. The lowest BCUT2D eigenvalue weighted by Crippen LogP contribution is -2.47. The summed E-state index contributed by atoms with van der Waals surface area (Å²) in [4.78, 5) is 19.3. The third kappa shape index (κ3) is 4.96. The highest BCUT2D eigenvalue weighted by molar-refractivity contribution is 6.07. The summed E-state index contributed by atoms with van der Waals surface area (Å²) in [7, 11) is 4.03. The van der Waals surface area contributed by atoms with Crippen LogP contribution in [0.2, 0.25) is 0 Å². The second kappa shape index (κ2) is 9.91. The van der Waals surface area contributed by atoms with Crippen LogP contribution < -0.4 is 15.1 Å². The van der Waals surface area contributed by atoms with Gasteiger partial charge in [-0.15, -0.1) is 10.2 Å². The molecular formula is C24H29FN6O. The highest BCUT2D eigenvalue weighted by Crippen LogP contribution is 2.27. The first-order valence-corrected chi connectivity index (χ1v) is 11.0. The number of halogens is 1. The Balaban J connectivity index is 1.48. The van der Waals surface area contributed by atoms with Gasteiger partial charge in [0.1, 0.15) is 5.82 Å². The van der Waals surface area contributed by atoms with E-state index < -0.39 is 0 Å². The summed E-state index contributed by atoms with van der Waals surface area (Å²) in [5.74, 6) is 0.375. The van der Waals surface area contributed by atoms with E-state index in [-0.39, 0.29) is 11.7 Å². The van der Waals surface area contributed by atoms with E-state index in [4.69, 9.17) is 0 Å². The Kier molecular flexibility index (Phi) is 6.80. The topological polar surface area (TPSA) is 64.6 Å². The highest BCUT2D eigenvalue weighted by atomic mass is 19.1. The van der Waals surface area contributed by atoms with Crippen LogP contribution in [0.5, 0.6) is 0 Å². The molecule has 0 radical (unpaired) electrons. The van der Waals surface area contributed by atoms with Crippen LogP contribution in [0.4, 0.5) is 15.9 Å². The quantitative estimate of drug-likeness (QED) is 0.575. The van der Waals surface area contributed by atoms with E-state index in [1.54, 1.807) is 0 Å². The smallest absolute Gasteiger partial charge is 0.272 e. The van der Waals surface area contributed by atoms with Gasteiger partial charge in [-0.1, -0.05) is 24.3 Å². The van der Waals surface area contributed by atoms with Crippen LogP contribution >= 0.6 is 0 Å². The Labute approximate surface area is 187 Å². The molecule has 2 heterocycles. The number of benzene rings is 2. The lowest BCUT2D eigenvalue weighted by Gasteiger charge is -2.37. The monoisotopic (exact) mass is 436 g/mol. The molecule has 0 saturated carbocycles. The van der Waals surface area contributed by atoms with Gasteiger partial charge in [-0.25, -0.2) is 4.39 Å². The summed E-state index contributed by atoms with van der Waals surface area (Å²) in [6.45, 7) is 4.65. The molecule has 1 amide bonds. The van der Waals surface area contributed by atoms with Crippen molar-refractivity contribution in [2.75, 3.05) is 63.2 Å². The number of rotatable bonds is 7. The Morgan fingerprint density at radius 3 is 2.31 bits per heavy atom. The SMILES string of the molecule is CN(C)CCCNC(=O)c1nnc(N2CCN(c3ccc(F)cc3)CC2)c2ccccc12. The van der Waals surface area contributed by atoms with Gasteiger partial charge in [0.2, 0.25) is 0 Å². The second-order valence-corrected chi connectivity index (χ2v) is 8.28. The van der Waals surface area contributed by atoms with Crippen molar-refractivity contribution in [3.05, 3.63) is 60.0 Å². The Morgan fingerprint density at radius 1 is 0.969 bits per heavy atom. The Bertz CT molecular complexity index is 1060. The highest BCUT2D eigenvalue weighted by Gasteiger charge is 2.22. The van der Waals surface area contributed by atoms with E-state index in [1.807, 2.05) is 50.5 Å². The number of amides is 1. The van der Waals surface area contributed by atoms with Gasteiger partial charge in [0.15, 0.2) is 11.5 Å². The summed E-state index contributed by atoms with van der Waals surface area (Å²) in [5.41, 5.74) is 1.38. The van der Waals surface area contributed by atoms with Gasteiger partial charge in [-0.05, 0) is 51.3 Å². The summed E-state index contributed by atoms with van der Waals surface area (Å²) in [5, 5.41) is 13.5. The predicted molar refractivity (Wildman–Crippen MR) is 126 cm³/mol. The molecule has 0 aliphatic carbocycles. The van der Waals surface area contributed by atoms with E-state index in [2.05, 4.69) is 30.2 Å². The average molecular weight is 437 g/mol. The molecular weight excluding hydrogens is 407 g/mol. The van der Waals surface area contributed by atoms with Crippen molar-refractivity contribution in [1.82, 2.24) is 20.4 Å². The van der Waals surface area contributed by atoms with Crippen LogP contribution in [0, 0.1) is 5.82 Å². The van der Waals surface area contributed by atoms with Crippen molar-refractivity contribution < 1.29 is 9.18 Å². The third-order valence-corrected chi connectivity index (χ3v) is 5.72. The van der Waals surface area contributed by atoms with Crippen LogP contribution in [0.3, 0.4) is 0 Å². The lowest BCUT2D eigenvalue weighted by molar-refractivity contribution is 0.0948. The molecule has 0 atom stereocenters. The molecule has 0 unspecified atom stereocenters. The molecule has 1 aliphatic rings. The van der Waals surface area contributed by atoms with Crippen molar-refractivity contribution in [1.29, 1.82) is 0 Å². The van der Waals surface area contributed by atoms with Crippen molar-refractivity contribution in [3.63, 3.8) is 0 Å². The van der Waals surface area contributed by atoms with Gasteiger partial charge in [0.25, 0.3) is 5.91 Å². The minimum Gasteiger partial charge on any atom is -0.368 e. The zero-order valence-corrected chi connectivity index (χ0v) is 18.6. The number of carbonyl (C=O) groups is 1. The molecule has 4 rings (SSSR count). The van der Waals surface area contributed by atoms with Gasteiger partial charge < -0.3 is 20.0 Å². The van der Waals surface area contributed by atoms with E-state index in [0.29, 0.717) is 12.2 Å². The van der Waals surface area contributed by atoms with E-state index in [1.165, 1.54) is 12.1 Å². The number of aromatic nitrogens is 2. The minimum atomic E-state index is -0.226. The van der Waals surface area contributed by atoms with Crippen LogP contribution in [0.25, 0.3) is 10.8 Å². The maximum atomic E-state index is 13.2. The first kappa shape index (κ1) is 22.0. The van der Waals surface area contributed by atoms with Crippen LogP contribution in [0.1, 0.15) is 16.9 Å². The molecule has 168 valence electrons. The van der Waals surface area contributed by atoms with E-state index >= 15 is 0 Å². The van der Waals surface area contributed by atoms with Crippen molar-refractivity contribution in [3.8, 4) is 0 Å². The number of hydrogen-bond donors (Lipinski definition) is 1. The minimum absolute atomic E-state index is 0.194. The van der Waals surface area contributed by atoms with Crippen LogP contribution in [-0.4, -0.2) is 74.4 Å². The first-order chi connectivity index (χ1) is 15.5. The van der Waals surface area contributed by atoms with Gasteiger partial charge in [-0.2, -0.15) is 0 Å². The van der Waals surface area contributed by atoms with Crippen LogP contribution in [-0.2, 0) is 0 Å². The fourth-order valence-corrected chi connectivity index (χ4v) is 4.00. The molecule has 0 spiro atoms. The summed E-state index contributed by atoms with van der Waals surface area (Å²) in [6, 6.07) is 14.4. The molecule has 7 nitrogen and oxygen atoms in total. The zero-order chi connectivity index (χ0) is 22.5. The van der Waals surface area contributed by atoms with Crippen molar-refractivity contribution >= 4 is 28.2 Å². The lowest BCUT2D eigenvalue weighted by atomic mass is 10.1. The number of piperazine rings is 1. The number of nitrogens with one attached hydrogen (secondary N) is 1. The molecule has 2 aromatic carbocycles. The number of hydrogen-bond acceptors (Lipinski definition) is 6. The normalized spacial score (nSPS) is 14.2. The van der Waals surface area contributed by atoms with Gasteiger partial charge >= 0.3 is 0 Å². The second-order valence-electron chi connectivity index (χ2n) is 8.28. The van der Waals surface area contributed by atoms with Gasteiger partial charge in [0.05, 0.1) is 0 Å². The fraction of sp³-hybridized carbons (Fsp3) is 0.375. The molecule has 3 aromatic rings. The third-order valence-electron chi connectivity index (χ3n) is 5.72. The number of anilines is 2. The van der Waals surface area contributed by atoms with Gasteiger partial charge in [0, 0.05) is 49.2 Å². The summed E-state index contributed by atoms with van der Waals surface area (Å²) < 4.78 is 13.2. The fourth-order valence-electron chi connectivity index (χ4n) is 4.00. The molecule has 8 heteroatoms. The Hall–Kier alpha value is -3.26. The summed E-state index contributed by atoms with van der Waals surface area (Å²) >= 11 is 0. The average Bonchev–Trinajstić information content (AvgIpc) is 2.81. The maximum absolute atomic E-state index is 13.2. The van der Waals surface area contributed by atoms with Crippen molar-refractivity contribution in [2.24, 2.45) is 0 Å².